The molecule has 0 atom stereocenters. The first-order valence-corrected chi connectivity index (χ1v) is 7.44. The molecule has 2 rings (SSSR count). The van der Waals surface area contributed by atoms with Crippen LogP contribution in [0.5, 0.6) is 0 Å². The lowest BCUT2D eigenvalue weighted by atomic mass is 10.3. The molecule has 4 nitrogen and oxygen atoms in total. The third-order valence-electron chi connectivity index (χ3n) is 2.32. The summed E-state index contributed by atoms with van der Waals surface area (Å²) in [5.41, 5.74) is 0.859. The van der Waals surface area contributed by atoms with Crippen LogP contribution in [0.2, 0.25) is 0 Å². The highest BCUT2D eigenvalue weighted by Crippen LogP contribution is 2.28. The predicted octanol–water partition coefficient (Wildman–Crippen LogP) is 2.90. The molecular weight excluding hydrogens is 312 g/mol. The summed E-state index contributed by atoms with van der Waals surface area (Å²) in [5.74, 6) is 0. The van der Waals surface area contributed by atoms with E-state index in [1.54, 1.807) is 17.5 Å². The minimum absolute atomic E-state index is 0.502. The molecule has 0 aliphatic rings. The lowest BCUT2D eigenvalue weighted by Crippen LogP contribution is -2.24. The molecule has 0 saturated heterocycles. The van der Waals surface area contributed by atoms with E-state index < -0.39 is 0 Å². The molecule has 18 heavy (non-hydrogen) atoms. The van der Waals surface area contributed by atoms with Crippen LogP contribution in [0.3, 0.4) is 0 Å². The average molecular weight is 327 g/mol. The first-order valence-electron chi connectivity index (χ1n) is 5.83. The molecule has 0 amide bonds. The van der Waals surface area contributed by atoms with Gasteiger partial charge in [0.05, 0.1) is 0 Å². The van der Waals surface area contributed by atoms with E-state index in [1.807, 2.05) is 12.1 Å². The summed E-state index contributed by atoms with van der Waals surface area (Å²) in [6.45, 7) is 5.20. The van der Waals surface area contributed by atoms with Crippen molar-refractivity contribution in [1.82, 2.24) is 20.5 Å². The molecule has 0 saturated carbocycles. The minimum atomic E-state index is 0.502. The standard InChI is InChI=1S/C12H15BrN4S/c1-8(2)14-7-5-10-16-17-12(18-10)11-9(13)4-3-6-15-11/h3-4,6,8,14H,5,7H2,1-2H3. The molecule has 0 spiro atoms. The highest BCUT2D eigenvalue weighted by atomic mass is 79.9. The zero-order valence-corrected chi connectivity index (χ0v) is 12.8. The van der Waals surface area contributed by atoms with Crippen LogP contribution < -0.4 is 5.32 Å². The molecule has 6 heteroatoms. The lowest BCUT2D eigenvalue weighted by Gasteiger charge is -2.05. The monoisotopic (exact) mass is 326 g/mol. The van der Waals surface area contributed by atoms with Crippen LogP contribution in [0.25, 0.3) is 10.7 Å². The quantitative estimate of drug-likeness (QED) is 0.917. The highest BCUT2D eigenvalue weighted by Gasteiger charge is 2.10. The molecule has 0 unspecified atom stereocenters. The minimum Gasteiger partial charge on any atom is -0.314 e. The second-order valence-electron chi connectivity index (χ2n) is 4.19. The van der Waals surface area contributed by atoms with Gasteiger partial charge in [-0.2, -0.15) is 0 Å². The van der Waals surface area contributed by atoms with E-state index in [9.17, 15) is 0 Å². The largest absolute Gasteiger partial charge is 0.314 e. The molecule has 0 aromatic carbocycles. The second-order valence-corrected chi connectivity index (χ2v) is 6.11. The Morgan fingerprint density at radius 1 is 1.39 bits per heavy atom. The second kappa shape index (κ2) is 6.36. The smallest absolute Gasteiger partial charge is 0.167 e. The van der Waals surface area contributed by atoms with E-state index in [0.717, 1.165) is 33.1 Å². The molecule has 2 aromatic heterocycles. The Morgan fingerprint density at radius 3 is 2.94 bits per heavy atom. The van der Waals surface area contributed by atoms with Crippen LogP contribution in [-0.2, 0) is 6.42 Å². The number of hydrogen-bond acceptors (Lipinski definition) is 5. The molecule has 0 aliphatic heterocycles. The van der Waals surface area contributed by atoms with Crippen molar-refractivity contribution < 1.29 is 0 Å². The number of hydrogen-bond donors (Lipinski definition) is 1. The molecule has 2 heterocycles. The molecule has 96 valence electrons. The van der Waals surface area contributed by atoms with Crippen LogP contribution >= 0.6 is 27.3 Å². The Kier molecular flexibility index (Phi) is 4.79. The maximum absolute atomic E-state index is 4.32. The summed E-state index contributed by atoms with van der Waals surface area (Å²) in [7, 11) is 0. The number of pyridine rings is 1. The van der Waals surface area contributed by atoms with E-state index in [1.165, 1.54) is 0 Å². The number of halogens is 1. The van der Waals surface area contributed by atoms with Crippen LogP contribution in [0.1, 0.15) is 18.9 Å². The zero-order chi connectivity index (χ0) is 13.0. The van der Waals surface area contributed by atoms with Crippen molar-refractivity contribution in [2.75, 3.05) is 6.54 Å². The maximum Gasteiger partial charge on any atom is 0.167 e. The Balaban J connectivity index is 2.04. The third kappa shape index (κ3) is 3.57. The molecule has 0 fully saturated rings. The van der Waals surface area contributed by atoms with Gasteiger partial charge in [-0.1, -0.05) is 25.2 Å². The molecule has 1 N–H and O–H groups in total. The number of aromatic nitrogens is 3. The van der Waals surface area contributed by atoms with E-state index in [0.29, 0.717) is 6.04 Å². The van der Waals surface area contributed by atoms with Crippen molar-refractivity contribution in [1.29, 1.82) is 0 Å². The van der Waals surface area contributed by atoms with Gasteiger partial charge in [0.2, 0.25) is 0 Å². The van der Waals surface area contributed by atoms with Crippen LogP contribution in [-0.4, -0.2) is 27.8 Å². The van der Waals surface area contributed by atoms with Gasteiger partial charge in [-0.15, -0.1) is 10.2 Å². The lowest BCUT2D eigenvalue weighted by molar-refractivity contribution is 0.588. The first kappa shape index (κ1) is 13.6. The predicted molar refractivity (Wildman–Crippen MR) is 77.7 cm³/mol. The van der Waals surface area contributed by atoms with Crippen molar-refractivity contribution in [2.24, 2.45) is 0 Å². The third-order valence-corrected chi connectivity index (χ3v) is 3.95. The Bertz CT molecular complexity index is 512. The van der Waals surface area contributed by atoms with Gasteiger partial charge in [0.15, 0.2) is 5.01 Å². The fourth-order valence-corrected chi connectivity index (χ4v) is 2.89. The Morgan fingerprint density at radius 2 is 2.22 bits per heavy atom. The van der Waals surface area contributed by atoms with Gasteiger partial charge < -0.3 is 5.32 Å². The summed E-state index contributed by atoms with van der Waals surface area (Å²) in [6, 6.07) is 4.36. The molecule has 0 bridgehead atoms. The topological polar surface area (TPSA) is 50.7 Å². The van der Waals surface area contributed by atoms with Crippen molar-refractivity contribution in [3.8, 4) is 10.7 Å². The molecule has 2 aromatic rings. The SMILES string of the molecule is CC(C)NCCc1nnc(-c2ncccc2Br)s1. The van der Waals surface area contributed by atoms with Crippen molar-refractivity contribution in [2.45, 2.75) is 26.3 Å². The summed E-state index contributed by atoms with van der Waals surface area (Å²) in [4.78, 5) is 4.32. The van der Waals surface area contributed by atoms with E-state index in [-0.39, 0.29) is 0 Å². The van der Waals surface area contributed by atoms with Gasteiger partial charge in [-0.25, -0.2) is 0 Å². The maximum atomic E-state index is 4.32. The molecular formula is C12H15BrN4S. The number of nitrogens with zero attached hydrogens (tertiary/aromatic N) is 3. The fourth-order valence-electron chi connectivity index (χ4n) is 1.46. The van der Waals surface area contributed by atoms with Gasteiger partial charge in [-0.3, -0.25) is 4.98 Å². The van der Waals surface area contributed by atoms with Gasteiger partial charge >= 0.3 is 0 Å². The molecule has 0 radical (unpaired) electrons. The summed E-state index contributed by atoms with van der Waals surface area (Å²) in [6.07, 6.45) is 2.67. The van der Waals surface area contributed by atoms with Gasteiger partial charge in [0, 0.05) is 29.7 Å². The van der Waals surface area contributed by atoms with Gasteiger partial charge in [0.1, 0.15) is 10.7 Å². The Labute approximate surface area is 119 Å². The van der Waals surface area contributed by atoms with Gasteiger partial charge in [0.25, 0.3) is 0 Å². The van der Waals surface area contributed by atoms with Gasteiger partial charge in [-0.05, 0) is 28.1 Å². The highest BCUT2D eigenvalue weighted by molar-refractivity contribution is 9.10. The normalized spacial score (nSPS) is 11.1. The summed E-state index contributed by atoms with van der Waals surface area (Å²) >= 11 is 5.08. The average Bonchev–Trinajstić information content (AvgIpc) is 2.78. The van der Waals surface area contributed by atoms with Crippen molar-refractivity contribution in [3.05, 3.63) is 27.8 Å². The van der Waals surface area contributed by atoms with E-state index in [4.69, 9.17) is 0 Å². The van der Waals surface area contributed by atoms with Crippen LogP contribution in [0.4, 0.5) is 0 Å². The van der Waals surface area contributed by atoms with Crippen LogP contribution in [0, 0.1) is 0 Å². The summed E-state index contributed by atoms with van der Waals surface area (Å²) < 4.78 is 0.952. The number of nitrogens with one attached hydrogen (secondary N) is 1. The first-order chi connectivity index (χ1) is 8.66. The summed E-state index contributed by atoms with van der Waals surface area (Å²) in [5, 5.41) is 13.7. The molecule has 0 aliphatic carbocycles. The fraction of sp³-hybridized carbons (Fsp3) is 0.417. The Hall–Kier alpha value is -0.850. The van der Waals surface area contributed by atoms with E-state index >= 15 is 0 Å². The van der Waals surface area contributed by atoms with Crippen LogP contribution in [0.15, 0.2) is 22.8 Å². The number of rotatable bonds is 5. The van der Waals surface area contributed by atoms with Crippen molar-refractivity contribution >= 4 is 27.3 Å². The zero-order valence-electron chi connectivity index (χ0n) is 10.4. The van der Waals surface area contributed by atoms with E-state index in [2.05, 4.69) is 50.3 Å². The van der Waals surface area contributed by atoms with Crippen molar-refractivity contribution in [3.63, 3.8) is 0 Å².